The maximum Gasteiger partial charge on any atom is 0.241 e. The van der Waals surface area contributed by atoms with E-state index in [9.17, 15) is 8.42 Å². The van der Waals surface area contributed by atoms with Gasteiger partial charge in [-0.05, 0) is 38.3 Å². The number of hydrogen-bond donors (Lipinski definition) is 1. The van der Waals surface area contributed by atoms with E-state index in [0.717, 1.165) is 11.1 Å². The summed E-state index contributed by atoms with van der Waals surface area (Å²) in [5.41, 5.74) is 1.85. The van der Waals surface area contributed by atoms with Gasteiger partial charge in [-0.1, -0.05) is 31.5 Å². The average Bonchev–Trinajstić information content (AvgIpc) is 2.15. The van der Waals surface area contributed by atoms with Crippen molar-refractivity contribution in [2.24, 2.45) is 5.92 Å². The summed E-state index contributed by atoms with van der Waals surface area (Å²) in [6, 6.07) is 5.30. The SMILES string of the molecule is Cc1ccc(S(=O)(=O)N[C@H](C)C(C)C)c(C)c1. The Kier molecular flexibility index (Phi) is 4.33. The lowest BCUT2D eigenvalue weighted by molar-refractivity contribution is 0.476. The van der Waals surface area contributed by atoms with Crippen LogP contribution in [0.25, 0.3) is 0 Å². The Morgan fingerprint density at radius 1 is 1.12 bits per heavy atom. The van der Waals surface area contributed by atoms with Crippen molar-refractivity contribution in [2.45, 2.75) is 45.6 Å². The number of rotatable bonds is 4. The minimum atomic E-state index is -3.40. The smallest absolute Gasteiger partial charge is 0.208 e. The van der Waals surface area contributed by atoms with Crippen LogP contribution in [0.3, 0.4) is 0 Å². The molecule has 1 aromatic carbocycles. The van der Waals surface area contributed by atoms with E-state index in [-0.39, 0.29) is 12.0 Å². The molecule has 4 heteroatoms. The number of aryl methyl sites for hydroxylation is 2. The van der Waals surface area contributed by atoms with Gasteiger partial charge in [0.05, 0.1) is 4.90 Å². The molecular formula is C13H21NO2S. The molecule has 96 valence electrons. The second-order valence-electron chi connectivity index (χ2n) is 4.92. The quantitative estimate of drug-likeness (QED) is 0.899. The molecule has 1 rings (SSSR count). The minimum Gasteiger partial charge on any atom is -0.208 e. The van der Waals surface area contributed by atoms with E-state index < -0.39 is 10.0 Å². The fourth-order valence-corrected chi connectivity index (χ4v) is 3.16. The molecule has 1 N–H and O–H groups in total. The molecule has 0 amide bonds. The van der Waals surface area contributed by atoms with Crippen LogP contribution in [0.2, 0.25) is 0 Å². The lowest BCUT2D eigenvalue weighted by Crippen LogP contribution is -2.36. The van der Waals surface area contributed by atoms with E-state index in [1.807, 2.05) is 46.8 Å². The van der Waals surface area contributed by atoms with E-state index in [1.54, 1.807) is 6.07 Å². The monoisotopic (exact) mass is 255 g/mol. The number of benzene rings is 1. The third-order valence-corrected chi connectivity index (χ3v) is 4.68. The predicted octanol–water partition coefficient (Wildman–Crippen LogP) is 2.63. The summed E-state index contributed by atoms with van der Waals surface area (Å²) >= 11 is 0. The van der Waals surface area contributed by atoms with Gasteiger partial charge in [0.1, 0.15) is 0 Å². The molecule has 17 heavy (non-hydrogen) atoms. The van der Waals surface area contributed by atoms with Crippen LogP contribution in [-0.2, 0) is 10.0 Å². The molecule has 0 spiro atoms. The average molecular weight is 255 g/mol. The Morgan fingerprint density at radius 3 is 2.18 bits per heavy atom. The molecule has 0 radical (unpaired) electrons. The van der Waals surface area contributed by atoms with Crippen molar-refractivity contribution in [1.29, 1.82) is 0 Å². The number of nitrogens with one attached hydrogen (secondary N) is 1. The van der Waals surface area contributed by atoms with E-state index in [2.05, 4.69) is 4.72 Å². The highest BCUT2D eigenvalue weighted by Gasteiger charge is 2.20. The highest BCUT2D eigenvalue weighted by molar-refractivity contribution is 7.89. The zero-order valence-electron chi connectivity index (χ0n) is 11.1. The van der Waals surface area contributed by atoms with Gasteiger partial charge >= 0.3 is 0 Å². The Labute approximate surface area is 104 Å². The van der Waals surface area contributed by atoms with Gasteiger partial charge in [0.2, 0.25) is 10.0 Å². The highest BCUT2D eigenvalue weighted by Crippen LogP contribution is 2.17. The maximum atomic E-state index is 12.2. The summed E-state index contributed by atoms with van der Waals surface area (Å²) in [5.74, 6) is 0.274. The first-order valence-electron chi connectivity index (χ1n) is 5.83. The predicted molar refractivity (Wildman–Crippen MR) is 70.5 cm³/mol. The molecule has 0 aliphatic rings. The van der Waals surface area contributed by atoms with Crippen molar-refractivity contribution in [3.05, 3.63) is 29.3 Å². The second kappa shape index (κ2) is 5.19. The third kappa shape index (κ3) is 3.54. The first-order chi connectivity index (χ1) is 7.74. The van der Waals surface area contributed by atoms with Crippen LogP contribution in [0.15, 0.2) is 23.1 Å². The molecule has 0 aliphatic heterocycles. The Hall–Kier alpha value is -0.870. The van der Waals surface area contributed by atoms with Crippen LogP contribution in [0.4, 0.5) is 0 Å². The van der Waals surface area contributed by atoms with Crippen molar-refractivity contribution in [1.82, 2.24) is 4.72 Å². The molecule has 3 nitrogen and oxygen atoms in total. The van der Waals surface area contributed by atoms with E-state index >= 15 is 0 Å². The fourth-order valence-electron chi connectivity index (χ4n) is 1.55. The maximum absolute atomic E-state index is 12.2. The van der Waals surface area contributed by atoms with Gasteiger partial charge in [0, 0.05) is 6.04 Å². The van der Waals surface area contributed by atoms with Gasteiger partial charge in [0.25, 0.3) is 0 Å². The molecule has 1 atom stereocenters. The molecule has 0 saturated heterocycles. The van der Waals surface area contributed by atoms with Gasteiger partial charge in [-0.15, -0.1) is 0 Å². The molecule has 0 unspecified atom stereocenters. The van der Waals surface area contributed by atoms with Crippen molar-refractivity contribution < 1.29 is 8.42 Å². The molecule has 0 saturated carbocycles. The summed E-state index contributed by atoms with van der Waals surface area (Å²) in [4.78, 5) is 0.371. The van der Waals surface area contributed by atoms with Gasteiger partial charge < -0.3 is 0 Å². The fraction of sp³-hybridized carbons (Fsp3) is 0.538. The second-order valence-corrected chi connectivity index (χ2v) is 6.61. The van der Waals surface area contributed by atoms with Crippen LogP contribution in [-0.4, -0.2) is 14.5 Å². The van der Waals surface area contributed by atoms with Gasteiger partial charge in [-0.3, -0.25) is 0 Å². The van der Waals surface area contributed by atoms with Crippen molar-refractivity contribution in [2.75, 3.05) is 0 Å². The molecule has 0 bridgehead atoms. The Bertz CT molecular complexity index is 492. The first-order valence-corrected chi connectivity index (χ1v) is 7.32. The van der Waals surface area contributed by atoms with Crippen LogP contribution in [0.1, 0.15) is 31.9 Å². The molecule has 1 aromatic rings. The molecule has 0 fully saturated rings. The molecule has 0 aromatic heterocycles. The van der Waals surface area contributed by atoms with Gasteiger partial charge in [0.15, 0.2) is 0 Å². The highest BCUT2D eigenvalue weighted by atomic mass is 32.2. The van der Waals surface area contributed by atoms with Crippen molar-refractivity contribution >= 4 is 10.0 Å². The topological polar surface area (TPSA) is 46.2 Å². The summed E-state index contributed by atoms with van der Waals surface area (Å²) in [7, 11) is -3.40. The third-order valence-electron chi connectivity index (χ3n) is 2.96. The summed E-state index contributed by atoms with van der Waals surface area (Å²) < 4.78 is 27.0. The zero-order chi connectivity index (χ0) is 13.2. The summed E-state index contributed by atoms with van der Waals surface area (Å²) in [6.07, 6.45) is 0. The zero-order valence-corrected chi connectivity index (χ0v) is 11.9. The van der Waals surface area contributed by atoms with Crippen LogP contribution >= 0.6 is 0 Å². The normalized spacial score (nSPS) is 14.0. The Morgan fingerprint density at radius 2 is 1.71 bits per heavy atom. The lowest BCUT2D eigenvalue weighted by atomic mass is 10.1. The number of sulfonamides is 1. The summed E-state index contributed by atoms with van der Waals surface area (Å²) in [5, 5.41) is 0. The van der Waals surface area contributed by atoms with E-state index in [1.165, 1.54) is 0 Å². The number of hydrogen-bond acceptors (Lipinski definition) is 2. The molecule has 0 aliphatic carbocycles. The molecular weight excluding hydrogens is 234 g/mol. The van der Waals surface area contributed by atoms with Crippen molar-refractivity contribution in [3.8, 4) is 0 Å². The standard InChI is InChI=1S/C13H21NO2S/c1-9(2)12(5)14-17(15,16)13-7-6-10(3)8-11(13)4/h6-9,12,14H,1-5H3/t12-/m1/s1. The van der Waals surface area contributed by atoms with Crippen molar-refractivity contribution in [3.63, 3.8) is 0 Å². The van der Waals surface area contributed by atoms with Gasteiger partial charge in [-0.2, -0.15) is 0 Å². The van der Waals surface area contributed by atoms with Crippen LogP contribution < -0.4 is 4.72 Å². The van der Waals surface area contributed by atoms with Crippen LogP contribution in [0.5, 0.6) is 0 Å². The minimum absolute atomic E-state index is 0.0688. The summed E-state index contributed by atoms with van der Waals surface area (Å²) in [6.45, 7) is 9.64. The van der Waals surface area contributed by atoms with E-state index in [0.29, 0.717) is 4.90 Å². The Balaban J connectivity index is 3.06. The van der Waals surface area contributed by atoms with Crippen LogP contribution in [0, 0.1) is 19.8 Å². The largest absolute Gasteiger partial charge is 0.241 e. The first kappa shape index (κ1) is 14.2. The lowest BCUT2D eigenvalue weighted by Gasteiger charge is -2.18. The molecule has 0 heterocycles. The van der Waals surface area contributed by atoms with E-state index in [4.69, 9.17) is 0 Å². The van der Waals surface area contributed by atoms with Gasteiger partial charge in [-0.25, -0.2) is 13.1 Å².